The van der Waals surface area contributed by atoms with Crippen molar-refractivity contribution in [1.82, 2.24) is 0 Å². The largest absolute Gasteiger partial charge is 3.00 e. The number of benzene rings is 3. The van der Waals surface area contributed by atoms with E-state index < -0.39 is 0 Å². The summed E-state index contributed by atoms with van der Waals surface area (Å²) in [4.78, 5) is 0. The van der Waals surface area contributed by atoms with E-state index >= 15 is 0 Å². The molecule has 1 N–H and O–H groups in total. The smallest absolute Gasteiger partial charge is 1.00 e. The van der Waals surface area contributed by atoms with Gasteiger partial charge in [0, 0.05) is 12.5 Å². The SMILES string of the molecule is CC(C)(C)CO.[Cl-].[Cl-].[Ti+3].[c-]1ccccc1C1c2ccccc2-c2ccccc21. The Bertz CT molecular complexity index is 799. The maximum Gasteiger partial charge on any atom is 3.00 e. The van der Waals surface area contributed by atoms with Crippen molar-refractivity contribution in [2.24, 2.45) is 5.41 Å². The molecule has 3 aromatic rings. The Kier molecular flexibility index (Phi) is 11.3. The molecular formula is C24H25Cl2OTi. The monoisotopic (exact) mass is 447 g/mol. The molecule has 0 bridgehead atoms. The van der Waals surface area contributed by atoms with Crippen molar-refractivity contribution >= 4 is 0 Å². The van der Waals surface area contributed by atoms with Crippen molar-refractivity contribution in [3.8, 4) is 11.1 Å². The Hall–Kier alpha value is -1.09. The van der Waals surface area contributed by atoms with Crippen molar-refractivity contribution in [2.45, 2.75) is 26.7 Å². The van der Waals surface area contributed by atoms with Crippen molar-refractivity contribution in [1.29, 1.82) is 0 Å². The van der Waals surface area contributed by atoms with Gasteiger partial charge < -0.3 is 29.9 Å². The molecule has 0 aromatic heterocycles. The van der Waals surface area contributed by atoms with Crippen molar-refractivity contribution in [2.75, 3.05) is 6.61 Å². The average Bonchev–Trinajstić information content (AvgIpc) is 2.97. The summed E-state index contributed by atoms with van der Waals surface area (Å²) < 4.78 is 0. The van der Waals surface area contributed by atoms with Crippen LogP contribution in [0.15, 0.2) is 72.8 Å². The Labute approximate surface area is 196 Å². The second-order valence-corrected chi connectivity index (χ2v) is 7.64. The van der Waals surface area contributed by atoms with Gasteiger partial charge in [-0.3, -0.25) is 0 Å². The second kappa shape index (κ2) is 11.8. The molecule has 4 heteroatoms. The first-order chi connectivity index (χ1) is 12.0. The van der Waals surface area contributed by atoms with Crippen LogP contribution in [0.3, 0.4) is 0 Å². The Morgan fingerprint density at radius 3 is 1.61 bits per heavy atom. The van der Waals surface area contributed by atoms with Gasteiger partial charge in [0.2, 0.25) is 0 Å². The molecule has 1 aliphatic rings. The molecule has 0 saturated heterocycles. The molecule has 3 aromatic carbocycles. The zero-order chi connectivity index (χ0) is 17.9. The quantitative estimate of drug-likeness (QED) is 0.313. The van der Waals surface area contributed by atoms with E-state index in [2.05, 4.69) is 66.7 Å². The summed E-state index contributed by atoms with van der Waals surface area (Å²) in [6.45, 7) is 6.25. The summed E-state index contributed by atoms with van der Waals surface area (Å²) in [5, 5.41) is 8.40. The maximum atomic E-state index is 8.40. The van der Waals surface area contributed by atoms with Gasteiger partial charge in [0.05, 0.1) is 0 Å². The van der Waals surface area contributed by atoms with Gasteiger partial charge in [-0.1, -0.05) is 69.3 Å². The minimum Gasteiger partial charge on any atom is -1.00 e. The van der Waals surface area contributed by atoms with E-state index in [0.717, 1.165) is 0 Å². The molecule has 0 unspecified atom stereocenters. The summed E-state index contributed by atoms with van der Waals surface area (Å²) in [7, 11) is 0. The first-order valence-corrected chi connectivity index (χ1v) is 8.77. The molecule has 4 rings (SSSR count). The van der Waals surface area contributed by atoms with E-state index in [0.29, 0.717) is 5.92 Å². The molecule has 1 nitrogen and oxygen atoms in total. The normalized spacial score (nSPS) is 11.4. The van der Waals surface area contributed by atoms with E-state index in [1.165, 1.54) is 27.8 Å². The van der Waals surface area contributed by atoms with E-state index in [9.17, 15) is 0 Å². The van der Waals surface area contributed by atoms with Crippen LogP contribution in [0.4, 0.5) is 0 Å². The van der Waals surface area contributed by atoms with Gasteiger partial charge in [-0.05, 0) is 27.7 Å². The summed E-state index contributed by atoms with van der Waals surface area (Å²) in [5.74, 6) is 0.327. The molecule has 1 radical (unpaired) electrons. The van der Waals surface area contributed by atoms with Crippen molar-refractivity contribution < 1.29 is 51.6 Å². The zero-order valence-electron chi connectivity index (χ0n) is 16.4. The number of hydrogen-bond acceptors (Lipinski definition) is 1. The number of halogens is 2. The van der Waals surface area contributed by atoms with Crippen LogP contribution in [-0.2, 0) is 21.7 Å². The van der Waals surface area contributed by atoms with Crippen LogP contribution in [0, 0.1) is 11.5 Å². The molecule has 0 saturated carbocycles. The minimum absolute atomic E-state index is 0. The molecule has 28 heavy (non-hydrogen) atoms. The Morgan fingerprint density at radius 1 is 0.786 bits per heavy atom. The summed E-state index contributed by atoms with van der Waals surface area (Å²) in [6.07, 6.45) is 0. The van der Waals surface area contributed by atoms with Gasteiger partial charge in [-0.15, -0.1) is 0 Å². The predicted molar refractivity (Wildman–Crippen MR) is 105 cm³/mol. The number of aliphatic hydroxyl groups excluding tert-OH is 1. The van der Waals surface area contributed by atoms with E-state index in [1.807, 2.05) is 32.9 Å². The molecule has 0 spiro atoms. The number of fused-ring (bicyclic) bond motifs is 3. The fourth-order valence-corrected chi connectivity index (χ4v) is 3.08. The van der Waals surface area contributed by atoms with Crippen LogP contribution in [0.1, 0.15) is 43.4 Å². The van der Waals surface area contributed by atoms with E-state index in [1.54, 1.807) is 0 Å². The molecule has 1 aliphatic carbocycles. The van der Waals surface area contributed by atoms with Gasteiger partial charge in [0.25, 0.3) is 0 Å². The maximum absolute atomic E-state index is 8.40. The zero-order valence-corrected chi connectivity index (χ0v) is 19.5. The average molecular weight is 448 g/mol. The van der Waals surface area contributed by atoms with Gasteiger partial charge >= 0.3 is 21.7 Å². The fraction of sp³-hybridized carbons (Fsp3) is 0.250. The first-order valence-electron chi connectivity index (χ1n) is 8.77. The third-order valence-corrected chi connectivity index (χ3v) is 4.35. The second-order valence-electron chi connectivity index (χ2n) is 7.64. The van der Waals surface area contributed by atoms with E-state index in [4.69, 9.17) is 5.11 Å². The topological polar surface area (TPSA) is 20.2 Å². The summed E-state index contributed by atoms with van der Waals surface area (Å²) in [5.41, 5.74) is 6.86. The Balaban J connectivity index is 0.000000721. The fourth-order valence-electron chi connectivity index (χ4n) is 3.08. The number of rotatable bonds is 1. The van der Waals surface area contributed by atoms with Gasteiger partial charge in [-0.2, -0.15) is 35.9 Å². The van der Waals surface area contributed by atoms with Crippen molar-refractivity contribution in [3.63, 3.8) is 0 Å². The van der Waals surface area contributed by atoms with Gasteiger partial charge in [0.15, 0.2) is 0 Å². The third-order valence-electron chi connectivity index (χ3n) is 4.35. The summed E-state index contributed by atoms with van der Waals surface area (Å²) >= 11 is 0. The molecule has 145 valence electrons. The van der Waals surface area contributed by atoms with Crippen LogP contribution in [0.25, 0.3) is 11.1 Å². The molecule has 0 amide bonds. The molecule has 0 fully saturated rings. The van der Waals surface area contributed by atoms with Gasteiger partial charge in [0.1, 0.15) is 0 Å². The molecule has 0 aliphatic heterocycles. The summed E-state index contributed by atoms with van der Waals surface area (Å²) in [6, 6.07) is 29.1. The van der Waals surface area contributed by atoms with Crippen LogP contribution in [0.2, 0.25) is 0 Å². The molecule has 0 heterocycles. The van der Waals surface area contributed by atoms with Crippen LogP contribution >= 0.6 is 0 Å². The van der Waals surface area contributed by atoms with Crippen LogP contribution in [0.5, 0.6) is 0 Å². The van der Waals surface area contributed by atoms with E-state index in [-0.39, 0.29) is 58.6 Å². The molecule has 0 atom stereocenters. The van der Waals surface area contributed by atoms with Gasteiger partial charge in [-0.25, -0.2) is 0 Å². The molecular weight excluding hydrogens is 423 g/mol. The standard InChI is InChI=1S/C19H13.C5H12O.2ClH.Ti/c1-2-8-14(9-3-1)19-17-12-6-4-10-15(17)16-11-5-7-13-18(16)19;1-5(2,3)4-6;;;/h1-8,10-13,19H;6H,4H2,1-3H3;2*1H;/q-1;;;;+3/p-2. The Morgan fingerprint density at radius 2 is 1.21 bits per heavy atom. The first kappa shape index (κ1) is 26.9. The van der Waals surface area contributed by atoms with Crippen molar-refractivity contribution in [3.05, 3.63) is 95.6 Å². The number of aliphatic hydroxyl groups is 1. The van der Waals surface area contributed by atoms with Crippen LogP contribution in [-0.4, -0.2) is 11.7 Å². The minimum atomic E-state index is 0. The predicted octanol–water partition coefficient (Wildman–Crippen LogP) is -0.322. The number of hydrogen-bond donors (Lipinski definition) is 1. The third kappa shape index (κ3) is 6.21. The van der Waals surface area contributed by atoms with Crippen LogP contribution < -0.4 is 24.8 Å².